The SMILES string of the molecule is COCCNS(=O)(=O)c1cccc(C(=O)NC2CCCCCC2)c1. The molecule has 1 aromatic rings. The molecular weight excluding hydrogens is 328 g/mol. The molecule has 1 aliphatic rings. The molecule has 0 aromatic heterocycles. The lowest BCUT2D eigenvalue weighted by Gasteiger charge is -2.16. The van der Waals surface area contributed by atoms with Crippen molar-refractivity contribution in [3.05, 3.63) is 29.8 Å². The van der Waals surface area contributed by atoms with Crippen LogP contribution in [0.25, 0.3) is 0 Å². The summed E-state index contributed by atoms with van der Waals surface area (Å²) in [4.78, 5) is 12.5. The van der Waals surface area contributed by atoms with Crippen LogP contribution in [-0.2, 0) is 14.8 Å². The zero-order valence-corrected chi connectivity index (χ0v) is 14.9. The molecule has 2 N–H and O–H groups in total. The summed E-state index contributed by atoms with van der Waals surface area (Å²) in [6.45, 7) is 0.485. The second-order valence-corrected chi connectivity index (χ2v) is 7.85. The van der Waals surface area contributed by atoms with Gasteiger partial charge in [0.2, 0.25) is 10.0 Å². The number of hydrogen-bond acceptors (Lipinski definition) is 4. The predicted molar refractivity (Wildman–Crippen MR) is 92.5 cm³/mol. The van der Waals surface area contributed by atoms with Gasteiger partial charge in [0.25, 0.3) is 5.91 Å². The Labute approximate surface area is 144 Å². The maximum Gasteiger partial charge on any atom is 0.251 e. The molecule has 134 valence electrons. The lowest BCUT2D eigenvalue weighted by Crippen LogP contribution is -2.34. The van der Waals surface area contributed by atoms with Crippen LogP contribution in [0.3, 0.4) is 0 Å². The van der Waals surface area contributed by atoms with E-state index in [4.69, 9.17) is 4.74 Å². The fourth-order valence-electron chi connectivity index (χ4n) is 2.86. The number of benzene rings is 1. The maximum absolute atomic E-state index is 12.4. The van der Waals surface area contributed by atoms with E-state index in [1.807, 2.05) is 0 Å². The highest BCUT2D eigenvalue weighted by Crippen LogP contribution is 2.18. The zero-order valence-electron chi connectivity index (χ0n) is 14.1. The van der Waals surface area contributed by atoms with Crippen LogP contribution in [0.15, 0.2) is 29.2 Å². The lowest BCUT2D eigenvalue weighted by atomic mass is 10.1. The number of carbonyl (C=O) groups excluding carboxylic acids is 1. The largest absolute Gasteiger partial charge is 0.383 e. The number of ether oxygens (including phenoxy) is 1. The molecule has 0 saturated heterocycles. The van der Waals surface area contributed by atoms with Crippen molar-refractivity contribution in [2.45, 2.75) is 49.5 Å². The van der Waals surface area contributed by atoms with Crippen molar-refractivity contribution in [1.82, 2.24) is 10.0 Å². The maximum atomic E-state index is 12.4. The quantitative estimate of drug-likeness (QED) is 0.580. The summed E-state index contributed by atoms with van der Waals surface area (Å²) >= 11 is 0. The van der Waals surface area contributed by atoms with Crippen molar-refractivity contribution in [2.24, 2.45) is 0 Å². The van der Waals surface area contributed by atoms with Crippen LogP contribution in [-0.4, -0.2) is 40.6 Å². The lowest BCUT2D eigenvalue weighted by molar-refractivity contribution is 0.0933. The molecule has 24 heavy (non-hydrogen) atoms. The summed E-state index contributed by atoms with van der Waals surface area (Å²) in [6, 6.07) is 6.31. The molecule has 1 saturated carbocycles. The highest BCUT2D eigenvalue weighted by molar-refractivity contribution is 7.89. The smallest absolute Gasteiger partial charge is 0.251 e. The van der Waals surface area contributed by atoms with Crippen LogP contribution in [0.2, 0.25) is 0 Å². The second-order valence-electron chi connectivity index (χ2n) is 6.08. The van der Waals surface area contributed by atoms with Gasteiger partial charge in [-0.05, 0) is 31.0 Å². The summed E-state index contributed by atoms with van der Waals surface area (Å²) < 4.78 is 31.7. The van der Waals surface area contributed by atoms with Crippen LogP contribution in [0.4, 0.5) is 0 Å². The Balaban J connectivity index is 2.04. The predicted octanol–water partition coefficient (Wildman–Crippen LogP) is 2.06. The molecule has 1 fully saturated rings. The number of rotatable bonds is 7. The molecule has 0 spiro atoms. The van der Waals surface area contributed by atoms with E-state index < -0.39 is 10.0 Å². The van der Waals surface area contributed by atoms with Crippen LogP contribution < -0.4 is 10.0 Å². The van der Waals surface area contributed by atoms with E-state index >= 15 is 0 Å². The van der Waals surface area contributed by atoms with Gasteiger partial charge < -0.3 is 10.1 Å². The number of methoxy groups -OCH3 is 1. The molecule has 0 heterocycles. The molecule has 2 rings (SSSR count). The van der Waals surface area contributed by atoms with Gasteiger partial charge in [0, 0.05) is 25.3 Å². The number of hydrogen-bond donors (Lipinski definition) is 2. The Morgan fingerprint density at radius 2 is 1.92 bits per heavy atom. The summed E-state index contributed by atoms with van der Waals surface area (Å²) in [5, 5.41) is 3.03. The number of nitrogens with one attached hydrogen (secondary N) is 2. The average Bonchev–Trinajstić information content (AvgIpc) is 2.84. The average molecular weight is 354 g/mol. The molecule has 7 heteroatoms. The highest BCUT2D eigenvalue weighted by atomic mass is 32.2. The first-order valence-electron chi connectivity index (χ1n) is 8.42. The number of amides is 1. The third-order valence-corrected chi connectivity index (χ3v) is 5.65. The molecule has 0 aliphatic heterocycles. The van der Waals surface area contributed by atoms with Crippen molar-refractivity contribution in [1.29, 1.82) is 0 Å². The van der Waals surface area contributed by atoms with Gasteiger partial charge >= 0.3 is 0 Å². The molecule has 1 aliphatic carbocycles. The highest BCUT2D eigenvalue weighted by Gasteiger charge is 2.18. The molecule has 1 amide bonds. The standard InChI is InChI=1S/C17H26N2O4S/c1-23-12-11-18-24(21,22)16-10-6-7-14(13-16)17(20)19-15-8-4-2-3-5-9-15/h6-7,10,13,15,18H,2-5,8-9,11-12H2,1H3,(H,19,20). The normalized spacial score (nSPS) is 16.5. The van der Waals surface area contributed by atoms with Gasteiger partial charge in [0.15, 0.2) is 0 Å². The van der Waals surface area contributed by atoms with E-state index in [0.29, 0.717) is 12.2 Å². The van der Waals surface area contributed by atoms with E-state index in [2.05, 4.69) is 10.0 Å². The van der Waals surface area contributed by atoms with Crippen molar-refractivity contribution < 1.29 is 17.9 Å². The van der Waals surface area contributed by atoms with Crippen LogP contribution in [0, 0.1) is 0 Å². The molecule has 0 unspecified atom stereocenters. The minimum atomic E-state index is -3.64. The van der Waals surface area contributed by atoms with Crippen LogP contribution >= 0.6 is 0 Å². The Bertz CT molecular complexity index is 638. The van der Waals surface area contributed by atoms with E-state index in [-0.39, 0.29) is 23.4 Å². The van der Waals surface area contributed by atoms with E-state index in [1.165, 1.54) is 32.1 Å². The van der Waals surface area contributed by atoms with Crippen LogP contribution in [0.1, 0.15) is 48.9 Å². The Morgan fingerprint density at radius 1 is 1.21 bits per heavy atom. The van der Waals surface area contributed by atoms with Gasteiger partial charge in [-0.15, -0.1) is 0 Å². The second kappa shape index (κ2) is 9.15. The molecule has 0 atom stereocenters. The first-order chi connectivity index (χ1) is 11.5. The molecule has 1 aromatic carbocycles. The fraction of sp³-hybridized carbons (Fsp3) is 0.588. The van der Waals surface area contributed by atoms with Gasteiger partial charge in [-0.3, -0.25) is 4.79 Å². The molecule has 0 radical (unpaired) electrons. The van der Waals surface area contributed by atoms with Gasteiger partial charge in [-0.1, -0.05) is 31.7 Å². The first kappa shape index (κ1) is 18.9. The van der Waals surface area contributed by atoms with Crippen LogP contribution in [0.5, 0.6) is 0 Å². The third-order valence-electron chi connectivity index (χ3n) is 4.20. The molecule has 6 nitrogen and oxygen atoms in total. The van der Waals surface area contributed by atoms with Gasteiger partial charge in [-0.2, -0.15) is 0 Å². The molecule has 0 bridgehead atoms. The topological polar surface area (TPSA) is 84.5 Å². The minimum absolute atomic E-state index is 0.0899. The van der Waals surface area contributed by atoms with Crippen molar-refractivity contribution in [3.8, 4) is 0 Å². The Hall–Kier alpha value is -1.44. The summed E-state index contributed by atoms with van der Waals surface area (Å²) in [5.41, 5.74) is 0.369. The molecular formula is C17H26N2O4S. The fourth-order valence-corrected chi connectivity index (χ4v) is 3.92. The summed E-state index contributed by atoms with van der Waals surface area (Å²) in [5.74, 6) is -0.212. The van der Waals surface area contributed by atoms with Crippen molar-refractivity contribution in [2.75, 3.05) is 20.3 Å². The Morgan fingerprint density at radius 3 is 2.58 bits per heavy atom. The van der Waals surface area contributed by atoms with Gasteiger partial charge in [-0.25, -0.2) is 13.1 Å². The van der Waals surface area contributed by atoms with E-state index in [9.17, 15) is 13.2 Å². The van der Waals surface area contributed by atoms with E-state index in [1.54, 1.807) is 12.1 Å². The zero-order chi connectivity index (χ0) is 17.4. The van der Waals surface area contributed by atoms with Gasteiger partial charge in [0.05, 0.1) is 11.5 Å². The number of sulfonamides is 1. The Kier molecular flexibility index (Phi) is 7.20. The summed E-state index contributed by atoms with van der Waals surface area (Å²) in [6.07, 6.45) is 6.66. The first-order valence-corrected chi connectivity index (χ1v) is 9.91. The third kappa shape index (κ3) is 5.58. The van der Waals surface area contributed by atoms with Gasteiger partial charge in [0.1, 0.15) is 0 Å². The monoisotopic (exact) mass is 354 g/mol. The van der Waals surface area contributed by atoms with Crippen molar-refractivity contribution in [3.63, 3.8) is 0 Å². The number of carbonyl (C=O) groups is 1. The van der Waals surface area contributed by atoms with Crippen molar-refractivity contribution >= 4 is 15.9 Å². The minimum Gasteiger partial charge on any atom is -0.383 e. The summed E-state index contributed by atoms with van der Waals surface area (Å²) in [7, 11) is -2.13. The van der Waals surface area contributed by atoms with E-state index in [0.717, 1.165) is 25.7 Å².